The summed E-state index contributed by atoms with van der Waals surface area (Å²) in [5.41, 5.74) is 9.08. The van der Waals surface area contributed by atoms with Gasteiger partial charge in [0.05, 0.1) is 11.5 Å². The molecule has 2 fully saturated rings. The van der Waals surface area contributed by atoms with Gasteiger partial charge in [0, 0.05) is 49.5 Å². The molecule has 3 N–H and O–H groups in total. The highest BCUT2D eigenvalue weighted by atomic mass is 19.1. The van der Waals surface area contributed by atoms with Gasteiger partial charge in [-0.15, -0.1) is 0 Å². The topological polar surface area (TPSA) is 105 Å². The summed E-state index contributed by atoms with van der Waals surface area (Å²) >= 11 is 0. The van der Waals surface area contributed by atoms with Crippen molar-refractivity contribution in [3.05, 3.63) is 54.7 Å². The van der Waals surface area contributed by atoms with Crippen LogP contribution in [0.3, 0.4) is 0 Å². The number of hydrogen-bond donors (Lipinski definition) is 2. The Labute approximate surface area is 208 Å². The summed E-state index contributed by atoms with van der Waals surface area (Å²) in [6.45, 7) is 3.16. The van der Waals surface area contributed by atoms with Crippen LogP contribution in [0.1, 0.15) is 25.7 Å². The second-order valence-corrected chi connectivity index (χ2v) is 9.64. The number of aromatic nitrogens is 3. The van der Waals surface area contributed by atoms with Crippen LogP contribution in [0.25, 0.3) is 33.6 Å². The van der Waals surface area contributed by atoms with Crippen molar-refractivity contribution in [1.82, 2.24) is 15.0 Å². The van der Waals surface area contributed by atoms with Crippen LogP contribution in [0, 0.1) is 5.82 Å². The van der Waals surface area contributed by atoms with Crippen LogP contribution in [-0.2, 0) is 0 Å². The second kappa shape index (κ2) is 9.48. The molecule has 186 valence electrons. The number of hydrogen-bond acceptors (Lipinski definition) is 8. The Kier molecular flexibility index (Phi) is 6.02. The maximum absolute atomic E-state index is 13.8. The van der Waals surface area contributed by atoms with E-state index < -0.39 is 0 Å². The highest BCUT2D eigenvalue weighted by molar-refractivity contribution is 6.06. The normalized spacial score (nSPS) is 17.8. The number of pyridine rings is 1. The molecule has 0 atom stereocenters. The van der Waals surface area contributed by atoms with Gasteiger partial charge in [0.15, 0.2) is 0 Å². The molecular weight excluding hydrogens is 459 g/mol. The highest BCUT2D eigenvalue weighted by Crippen LogP contribution is 2.43. The van der Waals surface area contributed by atoms with Gasteiger partial charge in [-0.05, 0) is 55.5 Å². The fourth-order valence-corrected chi connectivity index (χ4v) is 5.17. The number of fused-ring (bicyclic) bond motifs is 1. The van der Waals surface area contributed by atoms with Crippen molar-refractivity contribution < 1.29 is 13.9 Å². The standard InChI is InChI=1S/C27H29FN6O2/c28-19-4-1-17(2-5-19)23-24-26(34-11-7-20(29)8-12-34)31-16-32-27(24)36-25(23)18-3-6-22(30-15-18)33-13-9-21(35)10-14-33/h1-6,15-16,20-21,35H,7-14,29H2. The molecule has 1 aromatic carbocycles. The van der Waals surface area contributed by atoms with Gasteiger partial charge in [-0.25, -0.2) is 19.3 Å². The number of nitrogens with zero attached hydrogens (tertiary/aromatic N) is 5. The van der Waals surface area contributed by atoms with Gasteiger partial charge in [-0.2, -0.15) is 0 Å². The third-order valence-corrected chi connectivity index (χ3v) is 7.24. The third kappa shape index (κ3) is 4.29. The van der Waals surface area contributed by atoms with E-state index in [-0.39, 0.29) is 18.0 Å². The van der Waals surface area contributed by atoms with Crippen LogP contribution < -0.4 is 15.5 Å². The predicted molar refractivity (Wildman–Crippen MR) is 137 cm³/mol. The molecule has 2 saturated heterocycles. The van der Waals surface area contributed by atoms with Gasteiger partial charge in [0.25, 0.3) is 0 Å². The maximum Gasteiger partial charge on any atom is 0.232 e. The first-order chi connectivity index (χ1) is 17.6. The van der Waals surface area contributed by atoms with Crippen molar-refractivity contribution in [3.63, 3.8) is 0 Å². The zero-order chi connectivity index (χ0) is 24.6. The maximum atomic E-state index is 13.8. The number of nitrogens with two attached hydrogens (primary N) is 1. The molecule has 9 heteroatoms. The van der Waals surface area contributed by atoms with Crippen molar-refractivity contribution in [2.45, 2.75) is 37.8 Å². The fourth-order valence-electron chi connectivity index (χ4n) is 5.17. The molecule has 36 heavy (non-hydrogen) atoms. The number of aliphatic hydroxyl groups excluding tert-OH is 1. The summed E-state index contributed by atoms with van der Waals surface area (Å²) in [5, 5.41) is 10.6. The number of anilines is 2. The first kappa shape index (κ1) is 22.9. The van der Waals surface area contributed by atoms with Crippen LogP contribution in [0.2, 0.25) is 0 Å². The van der Waals surface area contributed by atoms with E-state index in [1.54, 1.807) is 18.3 Å². The van der Waals surface area contributed by atoms with Crippen LogP contribution in [0.4, 0.5) is 16.0 Å². The lowest BCUT2D eigenvalue weighted by Gasteiger charge is -2.31. The summed E-state index contributed by atoms with van der Waals surface area (Å²) in [7, 11) is 0. The summed E-state index contributed by atoms with van der Waals surface area (Å²) in [4.78, 5) is 18.2. The first-order valence-corrected chi connectivity index (χ1v) is 12.5. The molecule has 8 nitrogen and oxygen atoms in total. The molecule has 0 aliphatic carbocycles. The minimum atomic E-state index is -0.299. The third-order valence-electron chi connectivity index (χ3n) is 7.24. The largest absolute Gasteiger partial charge is 0.437 e. The molecule has 0 saturated carbocycles. The summed E-state index contributed by atoms with van der Waals surface area (Å²) in [6, 6.07) is 10.6. The van der Waals surface area contributed by atoms with Crippen LogP contribution in [0.15, 0.2) is 53.3 Å². The van der Waals surface area contributed by atoms with Crippen LogP contribution >= 0.6 is 0 Å². The molecule has 2 aliphatic rings. The molecule has 2 aliphatic heterocycles. The average Bonchev–Trinajstić information content (AvgIpc) is 3.30. The van der Waals surface area contributed by atoms with E-state index in [9.17, 15) is 9.50 Å². The van der Waals surface area contributed by atoms with E-state index in [0.717, 1.165) is 85.6 Å². The zero-order valence-corrected chi connectivity index (χ0v) is 20.0. The second-order valence-electron chi connectivity index (χ2n) is 9.64. The number of halogens is 1. The Balaban J connectivity index is 1.45. The summed E-state index contributed by atoms with van der Waals surface area (Å²) in [6.07, 6.45) is 6.36. The predicted octanol–water partition coefficient (Wildman–Crippen LogP) is 3.98. The van der Waals surface area contributed by atoms with Gasteiger partial charge in [-0.1, -0.05) is 12.1 Å². The SMILES string of the molecule is NC1CCN(c2ncnc3oc(-c4ccc(N5CCC(O)CC5)nc4)c(-c4ccc(F)cc4)c23)CC1. The Morgan fingerprint density at radius 3 is 2.25 bits per heavy atom. The van der Waals surface area contributed by atoms with Crippen molar-refractivity contribution >= 4 is 22.7 Å². The Morgan fingerprint density at radius 2 is 1.56 bits per heavy atom. The molecule has 5 heterocycles. The van der Waals surface area contributed by atoms with Crippen LogP contribution in [-0.4, -0.2) is 58.4 Å². The number of furan rings is 1. The van der Waals surface area contributed by atoms with Crippen molar-refractivity contribution in [2.75, 3.05) is 36.0 Å². The molecule has 0 amide bonds. The molecule has 4 aromatic rings. The monoisotopic (exact) mass is 488 g/mol. The van der Waals surface area contributed by atoms with E-state index in [4.69, 9.17) is 15.1 Å². The van der Waals surface area contributed by atoms with E-state index >= 15 is 0 Å². The Hall–Kier alpha value is -3.56. The summed E-state index contributed by atoms with van der Waals surface area (Å²) < 4.78 is 20.2. The minimum Gasteiger partial charge on any atom is -0.437 e. The fraction of sp³-hybridized carbons (Fsp3) is 0.370. The van der Waals surface area contributed by atoms with Gasteiger partial charge in [-0.3, -0.25) is 0 Å². The van der Waals surface area contributed by atoms with Crippen molar-refractivity contribution in [2.24, 2.45) is 5.73 Å². The van der Waals surface area contributed by atoms with Crippen LogP contribution in [0.5, 0.6) is 0 Å². The molecule has 6 rings (SSSR count). The molecule has 0 radical (unpaired) electrons. The van der Waals surface area contributed by atoms with E-state index in [1.165, 1.54) is 18.5 Å². The average molecular weight is 489 g/mol. The Bertz CT molecular complexity index is 1340. The quantitative estimate of drug-likeness (QED) is 0.445. The van der Waals surface area contributed by atoms with E-state index in [0.29, 0.717) is 11.5 Å². The van der Waals surface area contributed by atoms with Gasteiger partial charge < -0.3 is 25.1 Å². The lowest BCUT2D eigenvalue weighted by Crippen LogP contribution is -2.40. The van der Waals surface area contributed by atoms with E-state index in [2.05, 4.69) is 19.8 Å². The molecule has 0 unspecified atom stereocenters. The van der Waals surface area contributed by atoms with Crippen molar-refractivity contribution in [1.29, 1.82) is 0 Å². The Morgan fingerprint density at radius 1 is 0.861 bits per heavy atom. The first-order valence-electron chi connectivity index (χ1n) is 12.5. The molecule has 0 bridgehead atoms. The number of benzene rings is 1. The smallest absolute Gasteiger partial charge is 0.232 e. The number of piperidine rings is 2. The lowest BCUT2D eigenvalue weighted by atomic mass is 9.99. The molecule has 0 spiro atoms. The van der Waals surface area contributed by atoms with Gasteiger partial charge in [0.1, 0.15) is 29.5 Å². The molecular formula is C27H29FN6O2. The zero-order valence-electron chi connectivity index (χ0n) is 20.0. The summed E-state index contributed by atoms with van der Waals surface area (Å²) in [5.74, 6) is 2.00. The minimum absolute atomic E-state index is 0.197. The van der Waals surface area contributed by atoms with Gasteiger partial charge in [0.2, 0.25) is 5.71 Å². The molecule has 3 aromatic heterocycles. The highest BCUT2D eigenvalue weighted by Gasteiger charge is 2.27. The number of aliphatic hydroxyl groups is 1. The van der Waals surface area contributed by atoms with E-state index in [1.807, 2.05) is 12.1 Å². The lowest BCUT2D eigenvalue weighted by molar-refractivity contribution is 0.145. The van der Waals surface area contributed by atoms with Crippen molar-refractivity contribution in [3.8, 4) is 22.5 Å². The number of rotatable bonds is 4. The van der Waals surface area contributed by atoms with Gasteiger partial charge >= 0.3 is 0 Å².